The highest BCUT2D eigenvalue weighted by molar-refractivity contribution is 5.76. The van der Waals surface area contributed by atoms with Crippen LogP contribution < -0.4 is 5.32 Å². The van der Waals surface area contributed by atoms with Crippen molar-refractivity contribution < 1.29 is 9.90 Å². The van der Waals surface area contributed by atoms with Crippen molar-refractivity contribution >= 4 is 5.91 Å². The van der Waals surface area contributed by atoms with Gasteiger partial charge in [-0.25, -0.2) is 0 Å². The molecular formula is C13H25NO2. The van der Waals surface area contributed by atoms with Crippen LogP contribution in [0.5, 0.6) is 0 Å². The first kappa shape index (κ1) is 13.5. The van der Waals surface area contributed by atoms with Gasteiger partial charge in [-0.2, -0.15) is 0 Å². The Labute approximate surface area is 98.6 Å². The van der Waals surface area contributed by atoms with E-state index in [1.54, 1.807) is 0 Å². The molecule has 3 heteroatoms. The molecule has 1 unspecified atom stereocenters. The second-order valence-corrected chi connectivity index (χ2v) is 4.95. The van der Waals surface area contributed by atoms with Gasteiger partial charge < -0.3 is 10.4 Å². The van der Waals surface area contributed by atoms with Crippen molar-refractivity contribution in [2.45, 2.75) is 51.9 Å². The van der Waals surface area contributed by atoms with Crippen molar-refractivity contribution in [3.63, 3.8) is 0 Å². The number of hydrogen-bond acceptors (Lipinski definition) is 2. The third-order valence-electron chi connectivity index (χ3n) is 3.65. The van der Waals surface area contributed by atoms with Crippen LogP contribution in [0.2, 0.25) is 0 Å². The Hall–Kier alpha value is -0.570. The Morgan fingerprint density at radius 3 is 2.69 bits per heavy atom. The summed E-state index contributed by atoms with van der Waals surface area (Å²) in [7, 11) is 0. The average molecular weight is 227 g/mol. The molecule has 1 aliphatic rings. The van der Waals surface area contributed by atoms with E-state index in [-0.39, 0.29) is 12.5 Å². The molecule has 1 amide bonds. The van der Waals surface area contributed by atoms with Crippen LogP contribution in [0.15, 0.2) is 0 Å². The summed E-state index contributed by atoms with van der Waals surface area (Å²) in [6, 6.07) is 0. The van der Waals surface area contributed by atoms with Crippen LogP contribution in [0.3, 0.4) is 0 Å². The van der Waals surface area contributed by atoms with E-state index in [9.17, 15) is 4.79 Å². The van der Waals surface area contributed by atoms with E-state index in [2.05, 4.69) is 12.2 Å². The van der Waals surface area contributed by atoms with Gasteiger partial charge in [0.25, 0.3) is 0 Å². The largest absolute Gasteiger partial charge is 0.396 e. The van der Waals surface area contributed by atoms with Crippen molar-refractivity contribution in [1.29, 1.82) is 0 Å². The molecule has 2 N–H and O–H groups in total. The molecule has 0 aliphatic heterocycles. The Kier molecular flexibility index (Phi) is 6.46. The maximum Gasteiger partial charge on any atom is 0.220 e. The van der Waals surface area contributed by atoms with Crippen molar-refractivity contribution in [3.8, 4) is 0 Å². The molecule has 0 radical (unpaired) electrons. The highest BCUT2D eigenvalue weighted by Crippen LogP contribution is 2.27. The summed E-state index contributed by atoms with van der Waals surface area (Å²) in [4.78, 5) is 11.7. The number of hydrogen-bond donors (Lipinski definition) is 2. The third kappa shape index (κ3) is 4.97. The van der Waals surface area contributed by atoms with Gasteiger partial charge in [0.05, 0.1) is 0 Å². The number of nitrogens with one attached hydrogen (secondary N) is 1. The van der Waals surface area contributed by atoms with E-state index >= 15 is 0 Å². The second kappa shape index (κ2) is 7.66. The minimum Gasteiger partial charge on any atom is -0.396 e. The summed E-state index contributed by atoms with van der Waals surface area (Å²) in [6.45, 7) is 3.04. The van der Waals surface area contributed by atoms with Crippen LogP contribution in [0, 0.1) is 11.8 Å². The fourth-order valence-corrected chi connectivity index (χ4v) is 2.44. The van der Waals surface area contributed by atoms with Crippen LogP contribution in [-0.4, -0.2) is 24.2 Å². The zero-order valence-corrected chi connectivity index (χ0v) is 10.4. The van der Waals surface area contributed by atoms with E-state index in [1.807, 2.05) is 0 Å². The smallest absolute Gasteiger partial charge is 0.220 e. The van der Waals surface area contributed by atoms with Crippen LogP contribution in [0.4, 0.5) is 0 Å². The summed E-state index contributed by atoms with van der Waals surface area (Å²) < 4.78 is 0. The molecule has 0 saturated heterocycles. The standard InChI is InChI=1S/C13H25NO2/c1-2-11(7-8-15)10-14-13(16)9-12-5-3-4-6-12/h11-12,15H,2-10H2,1H3,(H,14,16). The number of aliphatic hydroxyl groups excluding tert-OH is 1. The predicted molar refractivity (Wildman–Crippen MR) is 65.1 cm³/mol. The van der Waals surface area contributed by atoms with Crippen LogP contribution in [0.25, 0.3) is 0 Å². The highest BCUT2D eigenvalue weighted by atomic mass is 16.3. The molecule has 0 spiro atoms. The molecule has 0 aromatic carbocycles. The fourth-order valence-electron chi connectivity index (χ4n) is 2.44. The monoisotopic (exact) mass is 227 g/mol. The molecule has 1 saturated carbocycles. The first-order valence-corrected chi connectivity index (χ1v) is 6.63. The lowest BCUT2D eigenvalue weighted by molar-refractivity contribution is -0.122. The van der Waals surface area contributed by atoms with Gasteiger partial charge in [-0.15, -0.1) is 0 Å². The molecule has 0 heterocycles. The Morgan fingerprint density at radius 2 is 2.12 bits per heavy atom. The van der Waals surface area contributed by atoms with Crippen molar-refractivity contribution in [1.82, 2.24) is 5.32 Å². The van der Waals surface area contributed by atoms with E-state index in [1.165, 1.54) is 25.7 Å². The van der Waals surface area contributed by atoms with Crippen LogP contribution in [0.1, 0.15) is 51.9 Å². The first-order valence-electron chi connectivity index (χ1n) is 6.63. The maximum absolute atomic E-state index is 11.7. The van der Waals surface area contributed by atoms with Gasteiger partial charge in [0.2, 0.25) is 5.91 Å². The Bertz CT molecular complexity index is 200. The molecule has 0 aromatic rings. The minimum atomic E-state index is 0.197. The molecule has 0 aromatic heterocycles. The molecular weight excluding hydrogens is 202 g/mol. The molecule has 1 atom stereocenters. The summed E-state index contributed by atoms with van der Waals surface area (Å²) in [5.41, 5.74) is 0. The molecule has 0 bridgehead atoms. The van der Waals surface area contributed by atoms with Gasteiger partial charge >= 0.3 is 0 Å². The van der Waals surface area contributed by atoms with E-state index in [0.717, 1.165) is 19.4 Å². The molecule has 3 nitrogen and oxygen atoms in total. The van der Waals surface area contributed by atoms with Gasteiger partial charge in [-0.3, -0.25) is 4.79 Å². The maximum atomic E-state index is 11.7. The van der Waals surface area contributed by atoms with Gasteiger partial charge in [0.1, 0.15) is 0 Å². The van der Waals surface area contributed by atoms with Crippen LogP contribution >= 0.6 is 0 Å². The molecule has 1 aliphatic carbocycles. The predicted octanol–water partition coefficient (Wildman–Crippen LogP) is 2.09. The van der Waals surface area contributed by atoms with Crippen molar-refractivity contribution in [2.24, 2.45) is 11.8 Å². The van der Waals surface area contributed by atoms with Gasteiger partial charge in [0, 0.05) is 19.6 Å². The van der Waals surface area contributed by atoms with Gasteiger partial charge in [-0.1, -0.05) is 26.2 Å². The lowest BCUT2D eigenvalue weighted by Crippen LogP contribution is -2.30. The zero-order valence-electron chi connectivity index (χ0n) is 10.4. The lowest BCUT2D eigenvalue weighted by atomic mass is 10.0. The topological polar surface area (TPSA) is 49.3 Å². The van der Waals surface area contributed by atoms with E-state index in [0.29, 0.717) is 18.3 Å². The number of amides is 1. The van der Waals surface area contributed by atoms with E-state index in [4.69, 9.17) is 5.11 Å². The lowest BCUT2D eigenvalue weighted by Gasteiger charge is -2.15. The van der Waals surface area contributed by atoms with Crippen molar-refractivity contribution in [3.05, 3.63) is 0 Å². The molecule has 94 valence electrons. The number of aliphatic hydroxyl groups is 1. The molecule has 1 fully saturated rings. The van der Waals surface area contributed by atoms with E-state index < -0.39 is 0 Å². The average Bonchev–Trinajstić information content (AvgIpc) is 2.76. The summed E-state index contributed by atoms with van der Waals surface area (Å²) >= 11 is 0. The van der Waals surface area contributed by atoms with Crippen LogP contribution in [-0.2, 0) is 4.79 Å². The second-order valence-electron chi connectivity index (χ2n) is 4.95. The molecule has 16 heavy (non-hydrogen) atoms. The number of carbonyl (C=O) groups excluding carboxylic acids is 1. The molecule has 1 rings (SSSR count). The first-order chi connectivity index (χ1) is 7.76. The van der Waals surface area contributed by atoms with Gasteiger partial charge in [-0.05, 0) is 31.1 Å². The Balaban J connectivity index is 2.12. The quantitative estimate of drug-likeness (QED) is 0.699. The highest BCUT2D eigenvalue weighted by Gasteiger charge is 2.18. The number of carbonyl (C=O) groups is 1. The third-order valence-corrected chi connectivity index (χ3v) is 3.65. The zero-order chi connectivity index (χ0) is 11.8. The summed E-state index contributed by atoms with van der Waals surface area (Å²) in [5.74, 6) is 1.25. The number of rotatable bonds is 7. The SMILES string of the molecule is CCC(CCO)CNC(=O)CC1CCCC1. The summed E-state index contributed by atoms with van der Waals surface area (Å²) in [6.07, 6.45) is 7.54. The van der Waals surface area contributed by atoms with Crippen molar-refractivity contribution in [2.75, 3.05) is 13.2 Å². The minimum absolute atomic E-state index is 0.197. The summed E-state index contributed by atoms with van der Waals surface area (Å²) in [5, 5.41) is 11.8. The normalized spacial score (nSPS) is 18.6. The fraction of sp³-hybridized carbons (Fsp3) is 0.923. The Morgan fingerprint density at radius 1 is 1.44 bits per heavy atom. The van der Waals surface area contributed by atoms with Gasteiger partial charge in [0.15, 0.2) is 0 Å².